The smallest absolute Gasteiger partial charge is 0.337 e. The number of carboxylic acids is 1. The van der Waals surface area contributed by atoms with Crippen LogP contribution in [0.5, 0.6) is 0 Å². The minimum atomic E-state index is -0.987. The van der Waals surface area contributed by atoms with Gasteiger partial charge in [0.25, 0.3) is 0 Å². The van der Waals surface area contributed by atoms with Crippen LogP contribution < -0.4 is 0 Å². The van der Waals surface area contributed by atoms with E-state index in [9.17, 15) is 9.59 Å². The van der Waals surface area contributed by atoms with Crippen LogP contribution in [0.4, 0.5) is 0 Å². The maximum absolute atomic E-state index is 11.3. The molecule has 6 nitrogen and oxygen atoms in total. The molecule has 0 atom stereocenters. The van der Waals surface area contributed by atoms with E-state index < -0.39 is 5.97 Å². The zero-order valence-corrected chi connectivity index (χ0v) is 13.6. The molecule has 0 unspecified atom stereocenters. The van der Waals surface area contributed by atoms with Crippen molar-refractivity contribution in [2.75, 3.05) is 7.11 Å². The van der Waals surface area contributed by atoms with Crippen molar-refractivity contribution in [1.29, 1.82) is 0 Å². The summed E-state index contributed by atoms with van der Waals surface area (Å²) in [4.78, 5) is 27.0. The molecule has 0 aliphatic heterocycles. The van der Waals surface area contributed by atoms with Gasteiger partial charge in [0.05, 0.1) is 18.9 Å². The molecule has 25 heavy (non-hydrogen) atoms. The lowest BCUT2D eigenvalue weighted by Crippen LogP contribution is -2.00. The van der Waals surface area contributed by atoms with Gasteiger partial charge in [-0.25, -0.2) is 9.59 Å². The van der Waals surface area contributed by atoms with Crippen LogP contribution in [0.2, 0.25) is 0 Å². The molecule has 0 aliphatic carbocycles. The van der Waals surface area contributed by atoms with Crippen LogP contribution in [0.1, 0.15) is 27.0 Å². The van der Waals surface area contributed by atoms with E-state index in [1.165, 1.54) is 13.2 Å². The summed E-state index contributed by atoms with van der Waals surface area (Å²) in [5.74, 6) is -1.37. The topological polar surface area (TPSA) is 85.2 Å². The molecular formula is C19H17NO5. The fourth-order valence-electron chi connectivity index (χ4n) is 1.93. The highest BCUT2D eigenvalue weighted by Gasteiger charge is 2.04. The van der Waals surface area contributed by atoms with Gasteiger partial charge >= 0.3 is 11.9 Å². The molecule has 0 spiro atoms. The summed E-state index contributed by atoms with van der Waals surface area (Å²) >= 11 is 0. The number of hydrogen-bond acceptors (Lipinski definition) is 5. The summed E-state index contributed by atoms with van der Waals surface area (Å²) < 4.78 is 4.63. The second-order valence-electron chi connectivity index (χ2n) is 5.03. The Morgan fingerprint density at radius 1 is 1.04 bits per heavy atom. The van der Waals surface area contributed by atoms with Gasteiger partial charge in [-0.15, -0.1) is 0 Å². The zero-order valence-electron chi connectivity index (χ0n) is 13.6. The number of aliphatic carboxylic acids is 1. The molecule has 2 rings (SSSR count). The summed E-state index contributed by atoms with van der Waals surface area (Å²) in [7, 11) is 1.34. The molecule has 0 saturated carbocycles. The lowest BCUT2D eigenvalue weighted by atomic mass is 10.1. The lowest BCUT2D eigenvalue weighted by Gasteiger charge is -2.02. The number of methoxy groups -OCH3 is 1. The number of benzene rings is 2. The van der Waals surface area contributed by atoms with Crippen molar-refractivity contribution in [3.05, 3.63) is 76.9 Å². The second kappa shape index (κ2) is 9.02. The maximum Gasteiger partial charge on any atom is 0.337 e. The average molecular weight is 339 g/mol. The van der Waals surface area contributed by atoms with E-state index >= 15 is 0 Å². The van der Waals surface area contributed by atoms with E-state index in [2.05, 4.69) is 9.89 Å². The van der Waals surface area contributed by atoms with Crippen molar-refractivity contribution in [1.82, 2.24) is 0 Å². The van der Waals surface area contributed by atoms with Gasteiger partial charge in [0.2, 0.25) is 0 Å². The van der Waals surface area contributed by atoms with Gasteiger partial charge < -0.3 is 14.7 Å². The Morgan fingerprint density at radius 3 is 2.28 bits per heavy atom. The monoisotopic (exact) mass is 339 g/mol. The normalized spacial score (nSPS) is 10.9. The summed E-state index contributed by atoms with van der Waals surface area (Å²) in [5, 5.41) is 12.5. The Bertz CT molecular complexity index is 776. The van der Waals surface area contributed by atoms with Gasteiger partial charge in [-0.2, -0.15) is 0 Å². The molecule has 6 heteroatoms. The molecule has 128 valence electrons. The predicted molar refractivity (Wildman–Crippen MR) is 93.3 cm³/mol. The molecule has 0 saturated heterocycles. The van der Waals surface area contributed by atoms with Crippen molar-refractivity contribution in [2.24, 2.45) is 5.16 Å². The summed E-state index contributed by atoms with van der Waals surface area (Å²) in [6.45, 7) is 0.275. The van der Waals surface area contributed by atoms with Crippen LogP contribution in [0.3, 0.4) is 0 Å². The fraction of sp³-hybridized carbons (Fsp3) is 0.105. The number of nitrogens with zero attached hydrogens (tertiary/aromatic N) is 1. The van der Waals surface area contributed by atoms with Crippen LogP contribution in [0.25, 0.3) is 6.08 Å². The number of oxime groups is 1. The van der Waals surface area contributed by atoms with Crippen LogP contribution in [-0.2, 0) is 21.0 Å². The molecule has 0 amide bonds. The Labute approximate surface area is 145 Å². The number of esters is 1. The summed E-state index contributed by atoms with van der Waals surface area (Å²) in [6, 6.07) is 14.0. The lowest BCUT2D eigenvalue weighted by molar-refractivity contribution is -0.131. The van der Waals surface area contributed by atoms with E-state index in [4.69, 9.17) is 9.94 Å². The number of hydrogen-bond donors (Lipinski definition) is 1. The van der Waals surface area contributed by atoms with Crippen molar-refractivity contribution in [3.63, 3.8) is 0 Å². The van der Waals surface area contributed by atoms with Crippen molar-refractivity contribution >= 4 is 24.2 Å². The first kappa shape index (κ1) is 17.9. The SMILES string of the molecule is COC(=O)c1ccc(CON=Cc2ccc(C=CC(=O)O)cc2)cc1. The average Bonchev–Trinajstić information content (AvgIpc) is 2.64. The third kappa shape index (κ3) is 5.95. The van der Waals surface area contributed by atoms with E-state index in [-0.39, 0.29) is 12.6 Å². The molecule has 0 aromatic heterocycles. The first-order valence-electron chi connectivity index (χ1n) is 7.42. The van der Waals surface area contributed by atoms with E-state index in [0.717, 1.165) is 22.8 Å². The number of carbonyl (C=O) groups excluding carboxylic acids is 1. The van der Waals surface area contributed by atoms with Gasteiger partial charge in [-0.1, -0.05) is 41.6 Å². The van der Waals surface area contributed by atoms with Crippen molar-refractivity contribution in [3.8, 4) is 0 Å². The molecule has 0 heterocycles. The van der Waals surface area contributed by atoms with E-state index in [1.807, 2.05) is 0 Å². The van der Waals surface area contributed by atoms with Crippen LogP contribution in [0, 0.1) is 0 Å². The van der Waals surface area contributed by atoms with Gasteiger partial charge in [0.1, 0.15) is 6.61 Å². The van der Waals surface area contributed by atoms with Crippen LogP contribution in [-0.4, -0.2) is 30.4 Å². The van der Waals surface area contributed by atoms with E-state index in [0.29, 0.717) is 5.56 Å². The molecule has 0 radical (unpaired) electrons. The number of carboxylic acid groups (broad SMARTS) is 1. The number of rotatable bonds is 7. The predicted octanol–water partition coefficient (Wildman–Crippen LogP) is 3.12. The summed E-state index contributed by atoms with van der Waals surface area (Å²) in [6.07, 6.45) is 4.16. The number of ether oxygens (including phenoxy) is 1. The van der Waals surface area contributed by atoms with Gasteiger partial charge in [0.15, 0.2) is 0 Å². The third-order valence-corrected chi connectivity index (χ3v) is 3.24. The number of carbonyl (C=O) groups is 2. The first-order chi connectivity index (χ1) is 12.1. The largest absolute Gasteiger partial charge is 0.478 e. The highest BCUT2D eigenvalue weighted by atomic mass is 16.6. The van der Waals surface area contributed by atoms with Gasteiger partial charge in [-0.3, -0.25) is 0 Å². The van der Waals surface area contributed by atoms with Crippen LogP contribution >= 0.6 is 0 Å². The standard InChI is InChI=1S/C19H17NO5/c1-24-19(23)17-9-6-16(7-10-17)13-25-20-12-15-4-2-14(3-5-15)8-11-18(21)22/h2-12H,13H2,1H3,(H,21,22). The van der Waals surface area contributed by atoms with Gasteiger partial charge in [-0.05, 0) is 34.9 Å². The Morgan fingerprint density at radius 2 is 1.68 bits per heavy atom. The second-order valence-corrected chi connectivity index (χ2v) is 5.03. The fourth-order valence-corrected chi connectivity index (χ4v) is 1.93. The highest BCUT2D eigenvalue weighted by molar-refractivity contribution is 5.89. The Balaban J connectivity index is 1.84. The quantitative estimate of drug-likeness (QED) is 0.362. The molecule has 2 aromatic carbocycles. The Hall–Kier alpha value is -3.41. The minimum absolute atomic E-state index is 0.275. The first-order valence-corrected chi connectivity index (χ1v) is 7.42. The molecular weight excluding hydrogens is 322 g/mol. The van der Waals surface area contributed by atoms with E-state index in [1.54, 1.807) is 54.7 Å². The van der Waals surface area contributed by atoms with Crippen molar-refractivity contribution < 1.29 is 24.3 Å². The molecule has 0 bridgehead atoms. The molecule has 1 N–H and O–H groups in total. The van der Waals surface area contributed by atoms with Crippen molar-refractivity contribution in [2.45, 2.75) is 6.61 Å². The van der Waals surface area contributed by atoms with Crippen LogP contribution in [0.15, 0.2) is 59.8 Å². The summed E-state index contributed by atoms with van der Waals surface area (Å²) in [5.41, 5.74) is 2.96. The molecule has 0 aliphatic rings. The maximum atomic E-state index is 11.3. The van der Waals surface area contributed by atoms with Gasteiger partial charge in [0, 0.05) is 6.08 Å². The minimum Gasteiger partial charge on any atom is -0.478 e. The molecule has 0 fully saturated rings. The highest BCUT2D eigenvalue weighted by Crippen LogP contribution is 2.08. The Kier molecular flexibility index (Phi) is 6.47. The molecule has 2 aromatic rings. The third-order valence-electron chi connectivity index (χ3n) is 3.24. The zero-order chi connectivity index (χ0) is 18.1.